The number of carboxylic acids is 1. The number of aromatic carboxylic acids is 1. The molecule has 0 saturated carbocycles. The van der Waals surface area contributed by atoms with Crippen LogP contribution in [0, 0.1) is 11.7 Å². The molecule has 0 unspecified atom stereocenters. The molecule has 1 fully saturated rings. The van der Waals surface area contributed by atoms with Gasteiger partial charge in [0.05, 0.1) is 16.9 Å². The molecule has 0 aliphatic carbocycles. The second-order valence-electron chi connectivity index (χ2n) is 5.69. The molecule has 21 heavy (non-hydrogen) atoms. The zero-order chi connectivity index (χ0) is 15.4. The summed E-state index contributed by atoms with van der Waals surface area (Å²) in [5, 5.41) is 11.9. The van der Waals surface area contributed by atoms with Crippen molar-refractivity contribution in [2.45, 2.75) is 19.3 Å². The van der Waals surface area contributed by atoms with Crippen molar-refractivity contribution < 1.29 is 14.3 Å². The molecule has 1 aromatic carbocycles. The van der Waals surface area contributed by atoms with Gasteiger partial charge < -0.3 is 21.1 Å². The predicted molar refractivity (Wildman–Crippen MR) is 81.1 cm³/mol. The number of nitrogens with zero attached hydrogens (tertiary/aromatic N) is 1. The molecule has 1 aromatic rings. The minimum absolute atomic E-state index is 0.261. The molecule has 0 bridgehead atoms. The summed E-state index contributed by atoms with van der Waals surface area (Å²) in [5.74, 6) is -1.39. The Bertz CT molecular complexity index is 514. The molecule has 4 N–H and O–H groups in total. The fraction of sp³-hybridized carbons (Fsp3) is 0.533. The Morgan fingerprint density at radius 3 is 2.76 bits per heavy atom. The fourth-order valence-electron chi connectivity index (χ4n) is 2.67. The Balaban J connectivity index is 1.88. The van der Waals surface area contributed by atoms with Crippen molar-refractivity contribution in [1.82, 2.24) is 4.90 Å². The fourth-order valence-corrected chi connectivity index (χ4v) is 2.67. The smallest absolute Gasteiger partial charge is 0.338 e. The Morgan fingerprint density at radius 1 is 1.48 bits per heavy atom. The van der Waals surface area contributed by atoms with Gasteiger partial charge in [0, 0.05) is 6.54 Å². The quantitative estimate of drug-likeness (QED) is 0.726. The summed E-state index contributed by atoms with van der Waals surface area (Å²) in [6, 6.07) is 2.32. The lowest BCUT2D eigenvalue weighted by atomic mass is 9.94. The number of benzene rings is 1. The van der Waals surface area contributed by atoms with Gasteiger partial charge in [-0.2, -0.15) is 0 Å². The van der Waals surface area contributed by atoms with Gasteiger partial charge in [-0.15, -0.1) is 0 Å². The minimum atomic E-state index is -1.31. The van der Waals surface area contributed by atoms with Crippen LogP contribution in [0.25, 0.3) is 0 Å². The number of hydrogen-bond acceptors (Lipinski definition) is 4. The number of anilines is 2. The van der Waals surface area contributed by atoms with E-state index in [-0.39, 0.29) is 5.69 Å². The third-order valence-corrected chi connectivity index (χ3v) is 4.08. The highest BCUT2D eigenvalue weighted by Gasteiger charge is 2.17. The third-order valence-electron chi connectivity index (χ3n) is 4.08. The lowest BCUT2D eigenvalue weighted by molar-refractivity contribution is 0.0692. The van der Waals surface area contributed by atoms with Crippen LogP contribution in [-0.4, -0.2) is 42.7 Å². The van der Waals surface area contributed by atoms with Crippen molar-refractivity contribution in [3.63, 3.8) is 0 Å². The maximum absolute atomic E-state index is 13.6. The third kappa shape index (κ3) is 4.07. The molecule has 0 amide bonds. The van der Waals surface area contributed by atoms with Gasteiger partial charge in [0.15, 0.2) is 0 Å². The lowest BCUT2D eigenvalue weighted by Gasteiger charge is -2.29. The number of piperidine rings is 1. The molecule has 1 aliphatic rings. The van der Waals surface area contributed by atoms with Gasteiger partial charge in [0.2, 0.25) is 0 Å². The molecule has 116 valence electrons. The van der Waals surface area contributed by atoms with Crippen molar-refractivity contribution >= 4 is 17.3 Å². The Kier molecular flexibility index (Phi) is 5.01. The number of nitrogens with two attached hydrogens (primary N) is 1. The number of rotatable bonds is 5. The summed E-state index contributed by atoms with van der Waals surface area (Å²) in [6.07, 6.45) is 3.37. The van der Waals surface area contributed by atoms with Gasteiger partial charge in [-0.25, -0.2) is 9.18 Å². The lowest BCUT2D eigenvalue weighted by Crippen LogP contribution is -2.30. The Morgan fingerprint density at radius 2 is 2.14 bits per heavy atom. The highest BCUT2D eigenvalue weighted by molar-refractivity contribution is 5.90. The zero-order valence-electron chi connectivity index (χ0n) is 12.2. The molecule has 1 saturated heterocycles. The van der Waals surface area contributed by atoms with E-state index >= 15 is 0 Å². The first-order valence-electron chi connectivity index (χ1n) is 7.22. The minimum Gasteiger partial charge on any atom is -0.478 e. The van der Waals surface area contributed by atoms with Crippen molar-refractivity contribution in [1.29, 1.82) is 0 Å². The van der Waals surface area contributed by atoms with Gasteiger partial charge in [-0.1, -0.05) is 0 Å². The standard InChI is InChI=1S/C15H22FN3O2/c1-19-6-3-10(4-7-19)2-5-18-14-9-12(16)11(15(20)21)8-13(14)17/h8-10,18H,2-7,17H2,1H3,(H,20,21). The van der Waals surface area contributed by atoms with Crippen LogP contribution < -0.4 is 11.1 Å². The molecule has 0 radical (unpaired) electrons. The first-order valence-corrected chi connectivity index (χ1v) is 7.22. The van der Waals surface area contributed by atoms with E-state index in [9.17, 15) is 9.18 Å². The molecular formula is C15H22FN3O2. The van der Waals surface area contributed by atoms with Crippen molar-refractivity contribution in [2.24, 2.45) is 5.92 Å². The summed E-state index contributed by atoms with van der Waals surface area (Å²) in [4.78, 5) is 13.1. The van der Waals surface area contributed by atoms with E-state index in [4.69, 9.17) is 10.8 Å². The number of nitrogen functional groups attached to an aromatic ring is 1. The molecule has 1 heterocycles. The Labute approximate surface area is 123 Å². The summed E-state index contributed by atoms with van der Waals surface area (Å²) >= 11 is 0. The van der Waals surface area contributed by atoms with Crippen molar-refractivity contribution in [3.05, 3.63) is 23.5 Å². The van der Waals surface area contributed by atoms with Gasteiger partial charge in [0.25, 0.3) is 0 Å². The van der Waals surface area contributed by atoms with E-state index in [0.29, 0.717) is 18.2 Å². The zero-order valence-corrected chi connectivity index (χ0v) is 12.2. The Hall–Kier alpha value is -1.82. The highest BCUT2D eigenvalue weighted by Crippen LogP contribution is 2.24. The summed E-state index contributed by atoms with van der Waals surface area (Å²) in [5.41, 5.74) is 6.10. The molecule has 1 aliphatic heterocycles. The first-order chi connectivity index (χ1) is 9.97. The van der Waals surface area contributed by atoms with Gasteiger partial charge >= 0.3 is 5.97 Å². The summed E-state index contributed by atoms with van der Waals surface area (Å²) < 4.78 is 13.6. The van der Waals surface area contributed by atoms with Crippen LogP contribution in [0.4, 0.5) is 15.8 Å². The van der Waals surface area contributed by atoms with E-state index in [1.807, 2.05) is 0 Å². The van der Waals surface area contributed by atoms with E-state index < -0.39 is 17.3 Å². The van der Waals surface area contributed by atoms with Crippen molar-refractivity contribution in [3.8, 4) is 0 Å². The van der Waals surface area contributed by atoms with E-state index in [1.54, 1.807) is 0 Å². The topological polar surface area (TPSA) is 78.6 Å². The molecule has 5 nitrogen and oxygen atoms in total. The van der Waals surface area contributed by atoms with E-state index in [0.717, 1.165) is 31.6 Å². The van der Waals surface area contributed by atoms with Gasteiger partial charge in [-0.05, 0) is 57.5 Å². The van der Waals surface area contributed by atoms with E-state index in [1.165, 1.54) is 12.8 Å². The van der Waals surface area contributed by atoms with Gasteiger partial charge in [-0.3, -0.25) is 0 Å². The van der Waals surface area contributed by atoms with Crippen LogP contribution in [0.15, 0.2) is 12.1 Å². The van der Waals surface area contributed by atoms with E-state index in [2.05, 4.69) is 17.3 Å². The van der Waals surface area contributed by atoms with Crippen LogP contribution in [0.3, 0.4) is 0 Å². The number of carbonyl (C=O) groups is 1. The van der Waals surface area contributed by atoms with Crippen LogP contribution in [-0.2, 0) is 0 Å². The largest absolute Gasteiger partial charge is 0.478 e. The second kappa shape index (κ2) is 6.76. The van der Waals surface area contributed by atoms with Crippen molar-refractivity contribution in [2.75, 3.05) is 37.7 Å². The highest BCUT2D eigenvalue weighted by atomic mass is 19.1. The molecule has 6 heteroatoms. The average Bonchev–Trinajstić information content (AvgIpc) is 2.44. The number of likely N-dealkylation sites (tertiary alicyclic amines) is 1. The monoisotopic (exact) mass is 295 g/mol. The normalized spacial score (nSPS) is 16.9. The molecular weight excluding hydrogens is 273 g/mol. The summed E-state index contributed by atoms with van der Waals surface area (Å²) in [7, 11) is 2.13. The maximum atomic E-state index is 13.6. The number of carboxylic acid groups (broad SMARTS) is 1. The summed E-state index contributed by atoms with van der Waals surface area (Å²) in [6.45, 7) is 2.95. The molecule has 0 spiro atoms. The SMILES string of the molecule is CN1CCC(CCNc2cc(F)c(C(=O)O)cc2N)CC1. The first kappa shape index (κ1) is 15.6. The van der Waals surface area contributed by atoms with Crippen LogP contribution >= 0.6 is 0 Å². The molecule has 2 rings (SSSR count). The van der Waals surface area contributed by atoms with Crippen LogP contribution in [0.1, 0.15) is 29.6 Å². The van der Waals surface area contributed by atoms with Crippen LogP contribution in [0.2, 0.25) is 0 Å². The predicted octanol–water partition coefficient (Wildman–Crippen LogP) is 2.25. The maximum Gasteiger partial charge on any atom is 0.338 e. The molecule has 0 atom stereocenters. The van der Waals surface area contributed by atoms with Crippen LogP contribution in [0.5, 0.6) is 0 Å². The number of halogens is 1. The average molecular weight is 295 g/mol. The van der Waals surface area contributed by atoms with Gasteiger partial charge in [0.1, 0.15) is 5.82 Å². The number of hydrogen-bond donors (Lipinski definition) is 3. The molecule has 0 aromatic heterocycles. The second-order valence-corrected chi connectivity index (χ2v) is 5.69. The number of nitrogens with one attached hydrogen (secondary N) is 1.